The minimum atomic E-state index is -0.158. The largest absolute Gasteiger partial charge is 0.466 e. The molecule has 0 aliphatic carbocycles. The lowest BCUT2D eigenvalue weighted by atomic mass is 10.1. The summed E-state index contributed by atoms with van der Waals surface area (Å²) in [5, 5.41) is 0. The Morgan fingerprint density at radius 3 is 1.68 bits per heavy atom. The maximum Gasteiger partial charge on any atom is 0.302 e. The molecule has 0 amide bonds. The Morgan fingerprint density at radius 1 is 0.727 bits per heavy atom. The second-order valence-corrected chi connectivity index (χ2v) is 6.28. The molecular formula is C20H38O2. The summed E-state index contributed by atoms with van der Waals surface area (Å²) >= 11 is 0. The van der Waals surface area contributed by atoms with Crippen LogP contribution in [-0.2, 0) is 9.53 Å². The maximum absolute atomic E-state index is 10.6. The number of rotatable bonds is 16. The summed E-state index contributed by atoms with van der Waals surface area (Å²) in [6, 6.07) is 0. The van der Waals surface area contributed by atoms with Gasteiger partial charge in [-0.15, -0.1) is 0 Å². The number of carbonyl (C=O) groups excluding carboxylic acids is 1. The second-order valence-electron chi connectivity index (χ2n) is 6.28. The molecule has 0 saturated heterocycles. The molecule has 0 N–H and O–H groups in total. The van der Waals surface area contributed by atoms with E-state index in [4.69, 9.17) is 4.74 Å². The molecule has 0 atom stereocenters. The zero-order valence-corrected chi connectivity index (χ0v) is 15.1. The van der Waals surface area contributed by atoms with E-state index in [2.05, 4.69) is 19.1 Å². The van der Waals surface area contributed by atoms with Crippen LogP contribution >= 0.6 is 0 Å². The highest BCUT2D eigenvalue weighted by atomic mass is 16.5. The fraction of sp³-hybridized carbons (Fsp3) is 0.850. The van der Waals surface area contributed by atoms with E-state index in [1.54, 1.807) is 0 Å². The predicted molar refractivity (Wildman–Crippen MR) is 96.1 cm³/mol. The van der Waals surface area contributed by atoms with Crippen molar-refractivity contribution in [2.75, 3.05) is 6.61 Å². The van der Waals surface area contributed by atoms with Gasteiger partial charge in [-0.1, -0.05) is 76.9 Å². The van der Waals surface area contributed by atoms with E-state index >= 15 is 0 Å². The van der Waals surface area contributed by atoms with Crippen molar-refractivity contribution in [1.29, 1.82) is 0 Å². The van der Waals surface area contributed by atoms with Gasteiger partial charge in [0, 0.05) is 6.92 Å². The number of allylic oxidation sites excluding steroid dienone is 2. The van der Waals surface area contributed by atoms with Crippen LogP contribution in [0.4, 0.5) is 0 Å². The molecule has 0 aromatic heterocycles. The predicted octanol–water partition coefficient (Wildman–Crippen LogP) is 6.59. The lowest BCUT2D eigenvalue weighted by molar-refractivity contribution is -0.141. The summed E-state index contributed by atoms with van der Waals surface area (Å²) in [4.78, 5) is 10.6. The van der Waals surface area contributed by atoms with Gasteiger partial charge in [-0.05, 0) is 32.1 Å². The highest BCUT2D eigenvalue weighted by molar-refractivity contribution is 5.65. The lowest BCUT2D eigenvalue weighted by Gasteiger charge is -2.02. The molecule has 0 bridgehead atoms. The Bertz CT molecular complexity index is 258. The molecular weight excluding hydrogens is 272 g/mol. The van der Waals surface area contributed by atoms with Crippen LogP contribution in [0.25, 0.3) is 0 Å². The molecule has 0 unspecified atom stereocenters. The van der Waals surface area contributed by atoms with Crippen LogP contribution in [0.5, 0.6) is 0 Å². The van der Waals surface area contributed by atoms with Gasteiger partial charge in [-0.3, -0.25) is 4.79 Å². The first-order valence-corrected chi connectivity index (χ1v) is 9.55. The summed E-state index contributed by atoms with van der Waals surface area (Å²) in [5.41, 5.74) is 0. The number of esters is 1. The van der Waals surface area contributed by atoms with Crippen LogP contribution in [-0.4, -0.2) is 12.6 Å². The highest BCUT2D eigenvalue weighted by Crippen LogP contribution is 2.10. The molecule has 0 aromatic carbocycles. The van der Waals surface area contributed by atoms with Gasteiger partial charge in [0.1, 0.15) is 0 Å². The van der Waals surface area contributed by atoms with Gasteiger partial charge in [0.15, 0.2) is 0 Å². The number of carbonyl (C=O) groups is 1. The van der Waals surface area contributed by atoms with Gasteiger partial charge < -0.3 is 4.74 Å². The number of unbranched alkanes of at least 4 members (excludes halogenated alkanes) is 12. The summed E-state index contributed by atoms with van der Waals surface area (Å²) in [6.07, 6.45) is 23.0. The zero-order chi connectivity index (χ0) is 16.3. The van der Waals surface area contributed by atoms with E-state index in [0.29, 0.717) is 6.61 Å². The summed E-state index contributed by atoms with van der Waals surface area (Å²) in [5.74, 6) is -0.158. The zero-order valence-electron chi connectivity index (χ0n) is 15.1. The molecule has 22 heavy (non-hydrogen) atoms. The van der Waals surface area contributed by atoms with E-state index in [0.717, 1.165) is 6.42 Å². The van der Waals surface area contributed by atoms with Crippen LogP contribution in [0.3, 0.4) is 0 Å². The molecule has 0 aliphatic heterocycles. The fourth-order valence-electron chi connectivity index (χ4n) is 2.57. The molecule has 0 radical (unpaired) electrons. The van der Waals surface area contributed by atoms with E-state index in [9.17, 15) is 4.79 Å². The minimum absolute atomic E-state index is 0.158. The van der Waals surface area contributed by atoms with E-state index in [-0.39, 0.29) is 5.97 Å². The first-order chi connectivity index (χ1) is 10.8. The first kappa shape index (κ1) is 21.2. The first-order valence-electron chi connectivity index (χ1n) is 9.55. The highest BCUT2D eigenvalue weighted by Gasteiger charge is 1.94. The lowest BCUT2D eigenvalue weighted by Crippen LogP contribution is -1.99. The quantitative estimate of drug-likeness (QED) is 0.183. The number of hydrogen-bond acceptors (Lipinski definition) is 2. The average Bonchev–Trinajstić information content (AvgIpc) is 2.50. The van der Waals surface area contributed by atoms with Gasteiger partial charge in [-0.25, -0.2) is 0 Å². The molecule has 0 heterocycles. The van der Waals surface area contributed by atoms with Crippen molar-refractivity contribution < 1.29 is 9.53 Å². The molecule has 0 fully saturated rings. The second kappa shape index (κ2) is 18.3. The van der Waals surface area contributed by atoms with Gasteiger partial charge in [0.25, 0.3) is 0 Å². The third-order valence-electron chi connectivity index (χ3n) is 3.96. The van der Waals surface area contributed by atoms with Gasteiger partial charge in [0.05, 0.1) is 6.61 Å². The molecule has 0 aliphatic rings. The van der Waals surface area contributed by atoms with Crippen molar-refractivity contribution in [3.63, 3.8) is 0 Å². The molecule has 2 nitrogen and oxygen atoms in total. The van der Waals surface area contributed by atoms with E-state index in [1.165, 1.54) is 90.4 Å². The summed E-state index contributed by atoms with van der Waals surface area (Å²) in [7, 11) is 0. The van der Waals surface area contributed by atoms with Crippen molar-refractivity contribution in [2.45, 2.75) is 104 Å². The number of hydrogen-bond donors (Lipinski definition) is 0. The number of ether oxygens (including phenoxy) is 1. The smallest absolute Gasteiger partial charge is 0.302 e. The van der Waals surface area contributed by atoms with Crippen LogP contribution in [0, 0.1) is 0 Å². The maximum atomic E-state index is 10.6. The molecule has 2 heteroatoms. The van der Waals surface area contributed by atoms with Crippen LogP contribution in [0.15, 0.2) is 12.2 Å². The fourth-order valence-corrected chi connectivity index (χ4v) is 2.57. The summed E-state index contributed by atoms with van der Waals surface area (Å²) < 4.78 is 4.91. The minimum Gasteiger partial charge on any atom is -0.466 e. The Balaban J connectivity index is 3.06. The van der Waals surface area contributed by atoms with Crippen molar-refractivity contribution in [3.8, 4) is 0 Å². The van der Waals surface area contributed by atoms with Crippen LogP contribution in [0.2, 0.25) is 0 Å². The Hall–Kier alpha value is -0.790. The van der Waals surface area contributed by atoms with Crippen LogP contribution < -0.4 is 0 Å². The molecule has 130 valence electrons. The van der Waals surface area contributed by atoms with E-state index in [1.807, 2.05) is 0 Å². The van der Waals surface area contributed by atoms with E-state index < -0.39 is 0 Å². The van der Waals surface area contributed by atoms with Crippen molar-refractivity contribution in [2.24, 2.45) is 0 Å². The Kier molecular flexibility index (Phi) is 17.6. The Morgan fingerprint density at radius 2 is 1.18 bits per heavy atom. The average molecular weight is 311 g/mol. The normalized spacial score (nSPS) is 11.2. The monoisotopic (exact) mass is 310 g/mol. The molecule has 0 spiro atoms. The standard InChI is InChI=1S/C20H38O2/c1-3-4-5-6-7-8-9-10-11-12-13-14-15-16-17-18-19-22-20(2)21/h9-10H,3-8,11-19H2,1-2H3/b10-9+. The van der Waals surface area contributed by atoms with Gasteiger partial charge in [-0.2, -0.15) is 0 Å². The Labute approximate surface area is 138 Å². The topological polar surface area (TPSA) is 26.3 Å². The molecule has 0 aromatic rings. The van der Waals surface area contributed by atoms with Gasteiger partial charge >= 0.3 is 5.97 Å². The summed E-state index contributed by atoms with van der Waals surface area (Å²) in [6.45, 7) is 4.34. The van der Waals surface area contributed by atoms with Gasteiger partial charge in [0.2, 0.25) is 0 Å². The molecule has 0 rings (SSSR count). The third kappa shape index (κ3) is 19.2. The SMILES string of the molecule is CCCCCCC/C=C/CCCCCCCCCOC(C)=O. The third-order valence-corrected chi connectivity index (χ3v) is 3.96. The van der Waals surface area contributed by atoms with Crippen molar-refractivity contribution >= 4 is 5.97 Å². The van der Waals surface area contributed by atoms with Crippen molar-refractivity contribution in [1.82, 2.24) is 0 Å². The molecule has 0 saturated carbocycles. The van der Waals surface area contributed by atoms with Crippen LogP contribution in [0.1, 0.15) is 104 Å². The van der Waals surface area contributed by atoms with Crippen molar-refractivity contribution in [3.05, 3.63) is 12.2 Å².